The minimum Gasteiger partial charge on any atom is -0.493 e. The molecular formula is C19H16N4O2. The van der Waals surface area contributed by atoms with Crippen molar-refractivity contribution < 1.29 is 9.90 Å². The first-order valence-electron chi connectivity index (χ1n) is 7.84. The molecule has 2 aromatic heterocycles. The molecular weight excluding hydrogens is 316 g/mol. The van der Waals surface area contributed by atoms with Crippen LogP contribution in [0, 0.1) is 0 Å². The van der Waals surface area contributed by atoms with Gasteiger partial charge in [0.25, 0.3) is 0 Å². The van der Waals surface area contributed by atoms with E-state index in [-0.39, 0.29) is 11.7 Å². The number of aromatic hydroxyl groups is 1. The predicted octanol–water partition coefficient (Wildman–Crippen LogP) is 2.55. The molecule has 1 aromatic carbocycles. The third-order valence-corrected chi connectivity index (χ3v) is 4.07. The lowest BCUT2D eigenvalue weighted by Gasteiger charge is -2.02. The smallest absolute Gasteiger partial charge is 0.226 e. The lowest BCUT2D eigenvalue weighted by atomic mass is 10.1. The molecule has 0 radical (unpaired) electrons. The fourth-order valence-electron chi connectivity index (χ4n) is 2.86. The average Bonchev–Trinajstić information content (AvgIpc) is 3.09. The number of aromatic nitrogens is 3. The van der Waals surface area contributed by atoms with Crippen molar-refractivity contribution in [3.05, 3.63) is 77.7 Å². The van der Waals surface area contributed by atoms with Crippen LogP contribution >= 0.6 is 0 Å². The van der Waals surface area contributed by atoms with Gasteiger partial charge in [-0.05, 0) is 17.7 Å². The molecule has 6 nitrogen and oxygen atoms in total. The Bertz CT molecular complexity index is 1050. The second kappa shape index (κ2) is 5.83. The quantitative estimate of drug-likeness (QED) is 0.722. The van der Waals surface area contributed by atoms with E-state index in [0.29, 0.717) is 29.4 Å². The van der Waals surface area contributed by atoms with Crippen LogP contribution in [0.2, 0.25) is 0 Å². The van der Waals surface area contributed by atoms with Crippen molar-refractivity contribution in [3.8, 4) is 5.88 Å². The van der Waals surface area contributed by atoms with Gasteiger partial charge in [-0.25, -0.2) is 9.38 Å². The largest absolute Gasteiger partial charge is 0.493 e. The first-order valence-corrected chi connectivity index (χ1v) is 7.84. The maximum absolute atomic E-state index is 11.9. The highest BCUT2D eigenvalue weighted by Gasteiger charge is 2.18. The van der Waals surface area contributed by atoms with Gasteiger partial charge in [-0.15, -0.1) is 0 Å². The van der Waals surface area contributed by atoms with E-state index < -0.39 is 0 Å². The number of ketones is 1. The van der Waals surface area contributed by atoms with Crippen LogP contribution in [0.3, 0.4) is 0 Å². The number of rotatable bonds is 3. The van der Waals surface area contributed by atoms with Gasteiger partial charge in [-0.3, -0.25) is 4.79 Å². The summed E-state index contributed by atoms with van der Waals surface area (Å²) in [6, 6.07) is 9.91. The van der Waals surface area contributed by atoms with Crippen LogP contribution < -0.4 is 5.73 Å². The summed E-state index contributed by atoms with van der Waals surface area (Å²) in [4.78, 5) is 16.4. The van der Waals surface area contributed by atoms with E-state index in [1.807, 2.05) is 34.9 Å². The Morgan fingerprint density at radius 3 is 2.68 bits per heavy atom. The van der Waals surface area contributed by atoms with Gasteiger partial charge in [0.05, 0.1) is 6.54 Å². The maximum Gasteiger partial charge on any atom is 0.226 e. The predicted molar refractivity (Wildman–Crippen MR) is 96.1 cm³/mol. The Labute approximate surface area is 143 Å². The van der Waals surface area contributed by atoms with Crippen molar-refractivity contribution >= 4 is 23.5 Å². The second-order valence-corrected chi connectivity index (χ2v) is 5.81. The van der Waals surface area contributed by atoms with Crippen LogP contribution in [-0.2, 0) is 11.3 Å². The highest BCUT2D eigenvalue weighted by Crippen LogP contribution is 2.27. The first-order chi connectivity index (χ1) is 12.1. The van der Waals surface area contributed by atoms with E-state index in [1.54, 1.807) is 30.5 Å². The van der Waals surface area contributed by atoms with E-state index in [1.165, 1.54) is 10.5 Å². The highest BCUT2D eigenvalue weighted by atomic mass is 16.3. The number of nitrogens with two attached hydrogens (primary N) is 1. The summed E-state index contributed by atoms with van der Waals surface area (Å²) in [5, 5.41) is 10.5. The summed E-state index contributed by atoms with van der Waals surface area (Å²) in [6.45, 7) is 0.579. The summed E-state index contributed by atoms with van der Waals surface area (Å²) < 4.78 is 3.34. The number of carbonyl (C=O) groups is 1. The molecule has 3 N–H and O–H groups in total. The molecule has 124 valence electrons. The van der Waals surface area contributed by atoms with Crippen LogP contribution in [0.5, 0.6) is 5.88 Å². The lowest BCUT2D eigenvalue weighted by Crippen LogP contribution is -1.99. The molecule has 0 aliphatic heterocycles. The van der Waals surface area contributed by atoms with Crippen LogP contribution in [-0.4, -0.2) is 24.8 Å². The molecule has 0 spiro atoms. The van der Waals surface area contributed by atoms with Crippen molar-refractivity contribution in [1.29, 1.82) is 0 Å². The summed E-state index contributed by atoms with van der Waals surface area (Å²) in [5.74, 6) is 0.696. The minimum atomic E-state index is -0.125. The Morgan fingerprint density at radius 1 is 1.16 bits per heavy atom. The second-order valence-electron chi connectivity index (χ2n) is 5.81. The average molecular weight is 332 g/mol. The molecule has 0 saturated carbocycles. The number of hydrogen-bond donors (Lipinski definition) is 2. The van der Waals surface area contributed by atoms with Crippen LogP contribution in [0.15, 0.2) is 66.4 Å². The standard InChI is InChI=1S/C19H16N4O2/c20-17-12-22(11-13-6-2-1-3-7-13)19-21-15(18(25)23(17)19)10-14-8-4-5-9-16(14)24/h1-10,12,25H,11,20H2. The number of allylic oxidation sites excluding steroid dienone is 5. The highest BCUT2D eigenvalue weighted by molar-refractivity contribution is 6.10. The summed E-state index contributed by atoms with van der Waals surface area (Å²) in [6.07, 6.45) is 9.91. The molecule has 0 atom stereocenters. The number of hydrogen-bond acceptors (Lipinski definition) is 4. The van der Waals surface area contributed by atoms with Crippen LogP contribution in [0.25, 0.3) is 11.9 Å². The van der Waals surface area contributed by atoms with Gasteiger partial charge in [0.2, 0.25) is 11.7 Å². The molecule has 25 heavy (non-hydrogen) atoms. The minimum absolute atomic E-state index is 0.0810. The molecule has 0 fully saturated rings. The zero-order chi connectivity index (χ0) is 17.4. The molecule has 0 bridgehead atoms. The SMILES string of the molecule is Nc1cn(Cc2ccccc2)c2nc(C=C3C=CC=CC3=O)c(O)n12. The number of imidazole rings is 2. The molecule has 0 unspecified atom stereocenters. The molecule has 6 heteroatoms. The fraction of sp³-hybridized carbons (Fsp3) is 0.0526. The molecule has 4 rings (SSSR count). The van der Waals surface area contributed by atoms with Crippen molar-refractivity contribution in [2.45, 2.75) is 6.54 Å². The zero-order valence-electron chi connectivity index (χ0n) is 13.3. The van der Waals surface area contributed by atoms with Gasteiger partial charge in [0, 0.05) is 11.8 Å². The maximum atomic E-state index is 11.9. The monoisotopic (exact) mass is 332 g/mol. The van der Waals surface area contributed by atoms with Crippen molar-refractivity contribution in [2.75, 3.05) is 5.73 Å². The van der Waals surface area contributed by atoms with E-state index in [9.17, 15) is 9.90 Å². The van der Waals surface area contributed by atoms with Crippen molar-refractivity contribution in [2.24, 2.45) is 0 Å². The third-order valence-electron chi connectivity index (χ3n) is 4.07. The third kappa shape index (κ3) is 2.63. The molecule has 1 aliphatic carbocycles. The number of nitrogen functional groups attached to an aromatic ring is 1. The Morgan fingerprint density at radius 2 is 1.92 bits per heavy atom. The van der Waals surface area contributed by atoms with Crippen LogP contribution in [0.1, 0.15) is 11.3 Å². The van der Waals surface area contributed by atoms with Gasteiger partial charge >= 0.3 is 0 Å². The van der Waals surface area contributed by atoms with E-state index in [2.05, 4.69) is 4.98 Å². The van der Waals surface area contributed by atoms with E-state index >= 15 is 0 Å². The summed E-state index contributed by atoms with van der Waals surface area (Å²) in [5.41, 5.74) is 7.91. The molecule has 0 amide bonds. The molecule has 0 saturated heterocycles. The van der Waals surface area contributed by atoms with Gasteiger partial charge < -0.3 is 15.4 Å². The molecule has 1 aliphatic rings. The van der Waals surface area contributed by atoms with Crippen LogP contribution in [0.4, 0.5) is 5.82 Å². The summed E-state index contributed by atoms with van der Waals surface area (Å²) in [7, 11) is 0. The number of carbonyl (C=O) groups excluding carboxylic acids is 1. The van der Waals surface area contributed by atoms with Crippen molar-refractivity contribution in [1.82, 2.24) is 14.0 Å². The van der Waals surface area contributed by atoms with E-state index in [0.717, 1.165) is 5.56 Å². The van der Waals surface area contributed by atoms with E-state index in [4.69, 9.17) is 5.73 Å². The Hall–Kier alpha value is -3.54. The van der Waals surface area contributed by atoms with Gasteiger partial charge in [-0.1, -0.05) is 48.6 Å². The topological polar surface area (TPSA) is 85.5 Å². The van der Waals surface area contributed by atoms with Gasteiger partial charge in [0.15, 0.2) is 5.78 Å². The number of nitrogens with zero attached hydrogens (tertiary/aromatic N) is 3. The Kier molecular flexibility index (Phi) is 3.50. The molecule has 3 aromatic rings. The van der Waals surface area contributed by atoms with Crippen molar-refractivity contribution in [3.63, 3.8) is 0 Å². The lowest BCUT2D eigenvalue weighted by molar-refractivity contribution is -0.111. The van der Waals surface area contributed by atoms with Gasteiger partial charge in [-0.2, -0.15) is 0 Å². The molecule has 2 heterocycles. The number of fused-ring (bicyclic) bond motifs is 1. The first kappa shape index (κ1) is 15.0. The summed E-state index contributed by atoms with van der Waals surface area (Å²) >= 11 is 0. The number of anilines is 1. The fourth-order valence-corrected chi connectivity index (χ4v) is 2.86. The van der Waals surface area contributed by atoms with Gasteiger partial charge in [0.1, 0.15) is 11.5 Å². The Balaban J connectivity index is 1.78. The number of benzene rings is 1. The normalized spacial score (nSPS) is 15.5. The zero-order valence-corrected chi connectivity index (χ0v) is 13.3.